The molecule has 0 unspecified atom stereocenters. The smallest absolute Gasteiger partial charge is 0.339 e. The minimum atomic E-state index is -4.45. The van der Waals surface area contributed by atoms with Gasteiger partial charge in [0.15, 0.2) is 0 Å². The number of hydrogen-bond donors (Lipinski definition) is 5. The average Bonchev–Trinajstić information content (AvgIpc) is 3.03. The zero-order valence-corrected chi connectivity index (χ0v) is 15.3. The van der Waals surface area contributed by atoms with E-state index in [4.69, 9.17) is 14.8 Å². The van der Waals surface area contributed by atoms with Crippen LogP contribution in [0.3, 0.4) is 0 Å². The SMILES string of the molecule is CNCCc1c[nH]c2ccccc12.O=C(O)c1cc(S(=O)(=O)O)ccc1O. The Kier molecular flexibility index (Phi) is 6.56. The molecule has 3 rings (SSSR count). The Bertz CT molecular complexity index is 1040. The first kappa shape index (κ1) is 20.4. The molecular formula is C18H20N2O6S. The minimum Gasteiger partial charge on any atom is -0.507 e. The molecule has 144 valence electrons. The molecule has 2 aromatic carbocycles. The van der Waals surface area contributed by atoms with E-state index in [1.807, 2.05) is 7.05 Å². The fourth-order valence-electron chi connectivity index (χ4n) is 2.45. The van der Waals surface area contributed by atoms with Crippen molar-refractivity contribution in [1.29, 1.82) is 0 Å². The molecule has 1 heterocycles. The number of aromatic nitrogens is 1. The molecule has 0 amide bonds. The second-order valence-corrected chi connectivity index (χ2v) is 7.09. The number of H-pyrrole nitrogens is 1. The summed E-state index contributed by atoms with van der Waals surface area (Å²) in [7, 11) is -2.47. The number of para-hydroxylation sites is 1. The summed E-state index contributed by atoms with van der Waals surface area (Å²) in [5.74, 6) is -2.04. The molecule has 1 aromatic heterocycles. The molecule has 0 saturated heterocycles. The van der Waals surface area contributed by atoms with E-state index in [0.29, 0.717) is 6.07 Å². The van der Waals surface area contributed by atoms with Crippen molar-refractivity contribution >= 4 is 27.0 Å². The van der Waals surface area contributed by atoms with E-state index in [9.17, 15) is 13.2 Å². The number of rotatable bonds is 5. The predicted octanol–water partition coefficient (Wildman–Crippen LogP) is 2.27. The minimum absolute atomic E-state index is 0.565. The van der Waals surface area contributed by atoms with Gasteiger partial charge in [-0.1, -0.05) is 18.2 Å². The van der Waals surface area contributed by atoms with E-state index in [1.54, 1.807) is 0 Å². The number of likely N-dealkylation sites (N-methyl/N-ethyl adjacent to an activating group) is 1. The number of carboxylic acids is 1. The molecule has 0 saturated carbocycles. The van der Waals surface area contributed by atoms with Gasteiger partial charge >= 0.3 is 5.97 Å². The maximum atomic E-state index is 10.6. The van der Waals surface area contributed by atoms with Gasteiger partial charge in [0, 0.05) is 17.1 Å². The van der Waals surface area contributed by atoms with Gasteiger partial charge in [-0.25, -0.2) is 4.79 Å². The number of nitrogens with one attached hydrogen (secondary N) is 2. The average molecular weight is 392 g/mol. The number of phenols is 1. The number of fused-ring (bicyclic) bond motifs is 1. The van der Waals surface area contributed by atoms with Crippen molar-refractivity contribution < 1.29 is 28.0 Å². The maximum absolute atomic E-state index is 10.6. The first-order valence-corrected chi connectivity index (χ1v) is 9.41. The van der Waals surface area contributed by atoms with Crippen LogP contribution in [-0.4, -0.2) is 47.7 Å². The normalized spacial score (nSPS) is 11.0. The lowest BCUT2D eigenvalue weighted by atomic mass is 10.1. The third kappa shape index (κ3) is 5.30. The van der Waals surface area contributed by atoms with Gasteiger partial charge in [-0.2, -0.15) is 8.42 Å². The number of carbonyl (C=O) groups is 1. The lowest BCUT2D eigenvalue weighted by molar-refractivity contribution is 0.0693. The Labute approximate surface area is 156 Å². The molecular weight excluding hydrogens is 372 g/mol. The second kappa shape index (κ2) is 8.67. The van der Waals surface area contributed by atoms with E-state index in [-0.39, 0.29) is 0 Å². The topological polar surface area (TPSA) is 140 Å². The van der Waals surface area contributed by atoms with E-state index >= 15 is 0 Å². The summed E-state index contributed by atoms with van der Waals surface area (Å²) in [6, 6.07) is 10.9. The highest BCUT2D eigenvalue weighted by Crippen LogP contribution is 2.21. The first-order chi connectivity index (χ1) is 12.7. The number of aromatic hydroxyl groups is 1. The van der Waals surface area contributed by atoms with Crippen LogP contribution in [-0.2, 0) is 16.5 Å². The van der Waals surface area contributed by atoms with E-state index in [1.165, 1.54) is 16.5 Å². The van der Waals surface area contributed by atoms with Gasteiger partial charge in [0.2, 0.25) is 0 Å². The van der Waals surface area contributed by atoms with Crippen LogP contribution >= 0.6 is 0 Å². The summed E-state index contributed by atoms with van der Waals surface area (Å²) in [5, 5.41) is 22.0. The third-order valence-corrected chi connectivity index (χ3v) is 4.67. The summed E-state index contributed by atoms with van der Waals surface area (Å²) >= 11 is 0. The van der Waals surface area contributed by atoms with Crippen molar-refractivity contribution in [3.05, 3.63) is 59.8 Å². The quantitative estimate of drug-likeness (QED) is 0.420. The monoisotopic (exact) mass is 392 g/mol. The summed E-state index contributed by atoms with van der Waals surface area (Å²) in [6.07, 6.45) is 3.18. The largest absolute Gasteiger partial charge is 0.507 e. The van der Waals surface area contributed by atoms with Crippen LogP contribution in [0.4, 0.5) is 0 Å². The summed E-state index contributed by atoms with van der Waals surface area (Å²) in [5.41, 5.74) is 2.04. The second-order valence-electron chi connectivity index (χ2n) is 5.67. The number of benzene rings is 2. The van der Waals surface area contributed by atoms with Crippen molar-refractivity contribution in [1.82, 2.24) is 10.3 Å². The summed E-state index contributed by atoms with van der Waals surface area (Å²) in [6.45, 7) is 1.03. The Morgan fingerprint density at radius 1 is 1.19 bits per heavy atom. The highest BCUT2D eigenvalue weighted by Gasteiger charge is 2.16. The van der Waals surface area contributed by atoms with Crippen molar-refractivity contribution in [3.63, 3.8) is 0 Å². The maximum Gasteiger partial charge on any atom is 0.339 e. The van der Waals surface area contributed by atoms with Gasteiger partial charge in [0.05, 0.1) is 4.90 Å². The van der Waals surface area contributed by atoms with Crippen LogP contribution in [0.2, 0.25) is 0 Å². The zero-order valence-electron chi connectivity index (χ0n) is 14.5. The fourth-order valence-corrected chi connectivity index (χ4v) is 2.95. The molecule has 0 aliphatic rings. The van der Waals surface area contributed by atoms with Crippen molar-refractivity contribution in [2.45, 2.75) is 11.3 Å². The highest BCUT2D eigenvalue weighted by atomic mass is 32.2. The Hall–Kier alpha value is -2.88. The van der Waals surface area contributed by atoms with E-state index in [2.05, 4.69) is 40.8 Å². The molecule has 5 N–H and O–H groups in total. The molecule has 8 nitrogen and oxygen atoms in total. The lowest BCUT2D eigenvalue weighted by Crippen LogP contribution is -2.09. The molecule has 27 heavy (non-hydrogen) atoms. The van der Waals surface area contributed by atoms with Crippen LogP contribution in [0.1, 0.15) is 15.9 Å². The van der Waals surface area contributed by atoms with Gasteiger partial charge in [-0.05, 0) is 49.8 Å². The van der Waals surface area contributed by atoms with Crippen molar-refractivity contribution in [2.24, 2.45) is 0 Å². The third-order valence-electron chi connectivity index (χ3n) is 3.82. The fraction of sp³-hybridized carbons (Fsp3) is 0.167. The van der Waals surface area contributed by atoms with E-state index in [0.717, 1.165) is 25.1 Å². The van der Waals surface area contributed by atoms with Gasteiger partial charge in [-0.3, -0.25) is 4.55 Å². The van der Waals surface area contributed by atoms with Crippen LogP contribution < -0.4 is 5.32 Å². The van der Waals surface area contributed by atoms with E-state index < -0.39 is 32.3 Å². The van der Waals surface area contributed by atoms with Crippen LogP contribution in [0.25, 0.3) is 10.9 Å². The molecule has 0 atom stereocenters. The van der Waals surface area contributed by atoms with Crippen molar-refractivity contribution in [2.75, 3.05) is 13.6 Å². The summed E-state index contributed by atoms with van der Waals surface area (Å²) in [4.78, 5) is 13.2. The molecule has 3 aromatic rings. The van der Waals surface area contributed by atoms with Crippen LogP contribution in [0.15, 0.2) is 53.6 Å². The molecule has 9 heteroatoms. The van der Waals surface area contributed by atoms with Crippen LogP contribution in [0.5, 0.6) is 5.75 Å². The number of hydrogen-bond acceptors (Lipinski definition) is 5. The van der Waals surface area contributed by atoms with Gasteiger partial charge in [0.1, 0.15) is 11.3 Å². The number of carboxylic acid groups (broad SMARTS) is 1. The van der Waals surface area contributed by atoms with Gasteiger partial charge in [-0.15, -0.1) is 0 Å². The van der Waals surface area contributed by atoms with Crippen LogP contribution in [0, 0.1) is 0 Å². The highest BCUT2D eigenvalue weighted by molar-refractivity contribution is 7.85. The molecule has 0 fully saturated rings. The molecule has 0 aliphatic heterocycles. The lowest BCUT2D eigenvalue weighted by Gasteiger charge is -2.01. The molecule has 0 aliphatic carbocycles. The zero-order chi connectivity index (χ0) is 20.0. The number of aromatic carboxylic acids is 1. The Morgan fingerprint density at radius 3 is 2.52 bits per heavy atom. The standard InChI is InChI=1S/C11H14N2.C7H6O6S/c1-12-7-6-9-8-13-11-5-3-2-4-10(9)11;8-6-2-1-4(14(11,12)13)3-5(6)7(9)10/h2-5,8,12-13H,6-7H2,1H3;1-3,8H,(H,9,10)(H,11,12,13). The molecule has 0 spiro atoms. The van der Waals surface area contributed by atoms with Gasteiger partial charge in [0.25, 0.3) is 10.1 Å². The Morgan fingerprint density at radius 2 is 1.89 bits per heavy atom. The number of aromatic amines is 1. The predicted molar refractivity (Wildman–Crippen MR) is 101 cm³/mol. The Balaban J connectivity index is 0.000000194. The molecule has 0 radical (unpaired) electrons. The van der Waals surface area contributed by atoms with Gasteiger partial charge < -0.3 is 20.5 Å². The molecule has 0 bridgehead atoms. The first-order valence-electron chi connectivity index (χ1n) is 7.97. The van der Waals surface area contributed by atoms with Crippen molar-refractivity contribution in [3.8, 4) is 5.75 Å². The summed E-state index contributed by atoms with van der Waals surface area (Å²) < 4.78 is 29.8.